The molecule has 84 valence electrons. The number of Topliss-reactive ketones (excluding diaryl/α,β-unsaturated/α-hetero) is 1. The molecule has 3 atom stereocenters. The Hall–Kier alpha value is -0.630. The highest BCUT2D eigenvalue weighted by Crippen LogP contribution is 2.46. The fraction of sp³-hybridized carbons (Fsp3) is 0.769. The zero-order valence-corrected chi connectivity index (χ0v) is 9.19. The van der Waals surface area contributed by atoms with Gasteiger partial charge in [0, 0.05) is 19.4 Å². The van der Waals surface area contributed by atoms with Crippen LogP contribution in [0.3, 0.4) is 0 Å². The topological polar surface area (TPSA) is 37.3 Å². The number of rotatable bonds is 4. The van der Waals surface area contributed by atoms with Crippen molar-refractivity contribution in [3.63, 3.8) is 0 Å². The van der Waals surface area contributed by atoms with Crippen molar-refractivity contribution >= 4 is 5.78 Å². The highest BCUT2D eigenvalue weighted by atomic mass is 16.2. The van der Waals surface area contributed by atoms with Crippen LogP contribution in [0.15, 0.2) is 12.2 Å². The van der Waals surface area contributed by atoms with E-state index in [2.05, 4.69) is 12.2 Å². The van der Waals surface area contributed by atoms with Crippen molar-refractivity contribution in [2.75, 3.05) is 6.61 Å². The van der Waals surface area contributed by atoms with Crippen LogP contribution in [0, 0.1) is 17.8 Å². The van der Waals surface area contributed by atoms with E-state index in [1.54, 1.807) is 0 Å². The molecule has 0 spiro atoms. The van der Waals surface area contributed by atoms with Crippen LogP contribution in [0.1, 0.15) is 38.5 Å². The number of allylic oxidation sites excluding steroid dienone is 2. The summed E-state index contributed by atoms with van der Waals surface area (Å²) in [6, 6.07) is 0. The molecular formula is C13H20O2. The first kappa shape index (κ1) is 10.9. The molecule has 0 aromatic rings. The molecule has 2 aliphatic carbocycles. The standard InChI is InChI=1S/C13H20O2/c14-7-3-1-2-4-10-5-6-11-8-12(15)9-13(10)11/h2,4,10-11,13-14H,1,3,5-9H2. The van der Waals surface area contributed by atoms with Gasteiger partial charge in [0.1, 0.15) is 5.78 Å². The number of hydrogen-bond donors (Lipinski definition) is 1. The van der Waals surface area contributed by atoms with Crippen molar-refractivity contribution < 1.29 is 9.90 Å². The molecule has 2 aliphatic rings. The fourth-order valence-electron chi connectivity index (χ4n) is 3.11. The fourth-order valence-corrected chi connectivity index (χ4v) is 3.11. The third-order valence-corrected chi connectivity index (χ3v) is 3.89. The highest BCUT2D eigenvalue weighted by Gasteiger charge is 2.41. The van der Waals surface area contributed by atoms with Gasteiger partial charge in [-0.15, -0.1) is 0 Å². The van der Waals surface area contributed by atoms with Gasteiger partial charge in [-0.05, 0) is 43.4 Å². The first-order chi connectivity index (χ1) is 7.31. The summed E-state index contributed by atoms with van der Waals surface area (Å²) in [4.78, 5) is 11.3. The van der Waals surface area contributed by atoms with Gasteiger partial charge in [-0.25, -0.2) is 0 Å². The van der Waals surface area contributed by atoms with Crippen molar-refractivity contribution in [3.8, 4) is 0 Å². The Kier molecular flexibility index (Phi) is 3.57. The minimum absolute atomic E-state index is 0.277. The van der Waals surface area contributed by atoms with Gasteiger partial charge in [0.25, 0.3) is 0 Å². The van der Waals surface area contributed by atoms with E-state index in [1.807, 2.05) is 0 Å². The van der Waals surface area contributed by atoms with Gasteiger partial charge in [-0.1, -0.05) is 12.2 Å². The van der Waals surface area contributed by atoms with Crippen molar-refractivity contribution in [1.82, 2.24) is 0 Å². The minimum Gasteiger partial charge on any atom is -0.396 e. The predicted molar refractivity (Wildman–Crippen MR) is 59.4 cm³/mol. The smallest absolute Gasteiger partial charge is 0.133 e. The van der Waals surface area contributed by atoms with Gasteiger partial charge < -0.3 is 5.11 Å². The molecular weight excluding hydrogens is 188 g/mol. The summed E-state index contributed by atoms with van der Waals surface area (Å²) in [5.41, 5.74) is 0. The summed E-state index contributed by atoms with van der Waals surface area (Å²) < 4.78 is 0. The number of fused-ring (bicyclic) bond motifs is 1. The number of unbranched alkanes of at least 4 members (excludes halogenated alkanes) is 1. The third kappa shape index (κ3) is 2.49. The normalized spacial score (nSPS) is 35.3. The number of aliphatic hydroxyl groups is 1. The van der Waals surface area contributed by atoms with Crippen LogP contribution in [0.5, 0.6) is 0 Å². The van der Waals surface area contributed by atoms with E-state index >= 15 is 0 Å². The number of hydrogen-bond acceptors (Lipinski definition) is 2. The maximum Gasteiger partial charge on any atom is 0.133 e. The molecule has 0 heterocycles. The molecule has 2 saturated carbocycles. The molecule has 2 heteroatoms. The van der Waals surface area contributed by atoms with Gasteiger partial charge in [-0.2, -0.15) is 0 Å². The van der Waals surface area contributed by atoms with Gasteiger partial charge in [-0.3, -0.25) is 4.79 Å². The van der Waals surface area contributed by atoms with E-state index < -0.39 is 0 Å². The molecule has 3 unspecified atom stereocenters. The van der Waals surface area contributed by atoms with E-state index in [-0.39, 0.29) is 6.61 Å². The van der Waals surface area contributed by atoms with Gasteiger partial charge in [0.15, 0.2) is 0 Å². The maximum atomic E-state index is 11.3. The Morgan fingerprint density at radius 1 is 1.33 bits per heavy atom. The quantitative estimate of drug-likeness (QED) is 0.568. The Morgan fingerprint density at radius 2 is 2.20 bits per heavy atom. The number of carbonyl (C=O) groups is 1. The van der Waals surface area contributed by atoms with Crippen LogP contribution in [0.4, 0.5) is 0 Å². The Balaban J connectivity index is 1.83. The van der Waals surface area contributed by atoms with E-state index in [4.69, 9.17) is 5.11 Å². The van der Waals surface area contributed by atoms with E-state index in [9.17, 15) is 4.79 Å². The molecule has 0 aliphatic heterocycles. The van der Waals surface area contributed by atoms with Crippen LogP contribution in [-0.2, 0) is 4.79 Å². The molecule has 2 nitrogen and oxygen atoms in total. The number of carbonyl (C=O) groups excluding carboxylic acids is 1. The van der Waals surface area contributed by atoms with Crippen molar-refractivity contribution in [3.05, 3.63) is 12.2 Å². The van der Waals surface area contributed by atoms with E-state index in [0.29, 0.717) is 23.5 Å². The van der Waals surface area contributed by atoms with Crippen molar-refractivity contribution in [2.45, 2.75) is 38.5 Å². The average molecular weight is 208 g/mol. The lowest BCUT2D eigenvalue weighted by atomic mass is 9.91. The lowest BCUT2D eigenvalue weighted by molar-refractivity contribution is -0.117. The van der Waals surface area contributed by atoms with E-state index in [0.717, 1.165) is 25.7 Å². The highest BCUT2D eigenvalue weighted by molar-refractivity contribution is 5.81. The molecule has 0 amide bonds. The third-order valence-electron chi connectivity index (χ3n) is 3.89. The Bertz CT molecular complexity index is 257. The van der Waals surface area contributed by atoms with Crippen LogP contribution < -0.4 is 0 Å². The second kappa shape index (κ2) is 4.93. The Morgan fingerprint density at radius 3 is 3.00 bits per heavy atom. The van der Waals surface area contributed by atoms with Crippen molar-refractivity contribution in [1.29, 1.82) is 0 Å². The van der Waals surface area contributed by atoms with Crippen LogP contribution in [-0.4, -0.2) is 17.5 Å². The number of ketones is 1. The molecule has 2 rings (SSSR count). The molecule has 2 fully saturated rings. The lowest BCUT2D eigenvalue weighted by Crippen LogP contribution is -2.06. The molecule has 1 N–H and O–H groups in total. The zero-order valence-electron chi connectivity index (χ0n) is 9.19. The first-order valence-corrected chi connectivity index (χ1v) is 6.10. The summed E-state index contributed by atoms with van der Waals surface area (Å²) >= 11 is 0. The van der Waals surface area contributed by atoms with Crippen molar-refractivity contribution in [2.24, 2.45) is 17.8 Å². The largest absolute Gasteiger partial charge is 0.396 e. The van der Waals surface area contributed by atoms with Crippen LogP contribution in [0.2, 0.25) is 0 Å². The summed E-state index contributed by atoms with van der Waals surface area (Å²) in [5, 5.41) is 8.66. The van der Waals surface area contributed by atoms with Gasteiger partial charge >= 0.3 is 0 Å². The van der Waals surface area contributed by atoms with Crippen LogP contribution in [0.25, 0.3) is 0 Å². The predicted octanol–water partition coefficient (Wildman–Crippen LogP) is 2.32. The van der Waals surface area contributed by atoms with Gasteiger partial charge in [0.05, 0.1) is 0 Å². The second-order valence-corrected chi connectivity index (χ2v) is 4.91. The molecule has 0 aromatic carbocycles. The summed E-state index contributed by atoms with van der Waals surface area (Å²) in [7, 11) is 0. The molecule has 0 aromatic heterocycles. The van der Waals surface area contributed by atoms with E-state index in [1.165, 1.54) is 12.8 Å². The molecule has 0 radical (unpaired) electrons. The first-order valence-electron chi connectivity index (χ1n) is 6.10. The lowest BCUT2D eigenvalue weighted by Gasteiger charge is -2.13. The number of aliphatic hydroxyl groups excluding tert-OH is 1. The SMILES string of the molecule is O=C1CC2CCC(C=CCCCO)C2C1. The zero-order chi connectivity index (χ0) is 10.7. The summed E-state index contributed by atoms with van der Waals surface area (Å²) in [6.07, 6.45) is 10.5. The molecule has 15 heavy (non-hydrogen) atoms. The minimum atomic E-state index is 0.277. The summed E-state index contributed by atoms with van der Waals surface area (Å²) in [5.74, 6) is 2.44. The average Bonchev–Trinajstić information content (AvgIpc) is 2.73. The molecule has 0 bridgehead atoms. The second-order valence-electron chi connectivity index (χ2n) is 4.91. The van der Waals surface area contributed by atoms with Crippen LogP contribution >= 0.6 is 0 Å². The summed E-state index contributed by atoms with van der Waals surface area (Å²) in [6.45, 7) is 0.277. The van der Waals surface area contributed by atoms with Gasteiger partial charge in [0.2, 0.25) is 0 Å². The maximum absolute atomic E-state index is 11.3. The monoisotopic (exact) mass is 208 g/mol. The molecule has 0 saturated heterocycles. The Labute approximate surface area is 91.4 Å².